The third-order valence-electron chi connectivity index (χ3n) is 3.02. The Morgan fingerprint density at radius 2 is 2.24 bits per heavy atom. The Kier molecular flexibility index (Phi) is 3.88. The second kappa shape index (κ2) is 5.39. The standard InChI is InChI=1S/C13H15ClN2O/c14-12-6-9(8-15)4-5-13(12)17-11-3-1-2-10(16)7-11/h4-6,10-11H,1-3,7,16H2. The van der Waals surface area contributed by atoms with Crippen molar-refractivity contribution in [3.8, 4) is 11.8 Å². The molecule has 2 rings (SSSR count). The van der Waals surface area contributed by atoms with Crippen LogP contribution in [0, 0.1) is 11.3 Å². The van der Waals surface area contributed by atoms with Gasteiger partial charge >= 0.3 is 0 Å². The van der Waals surface area contributed by atoms with Crippen molar-refractivity contribution < 1.29 is 4.74 Å². The summed E-state index contributed by atoms with van der Waals surface area (Å²) in [4.78, 5) is 0. The summed E-state index contributed by atoms with van der Waals surface area (Å²) in [7, 11) is 0. The number of halogens is 1. The zero-order valence-electron chi connectivity index (χ0n) is 9.53. The molecular weight excluding hydrogens is 236 g/mol. The molecule has 0 heterocycles. The van der Waals surface area contributed by atoms with Crippen molar-refractivity contribution in [1.82, 2.24) is 0 Å². The molecule has 2 unspecified atom stereocenters. The van der Waals surface area contributed by atoms with Crippen molar-refractivity contribution in [2.24, 2.45) is 5.73 Å². The van der Waals surface area contributed by atoms with E-state index in [2.05, 4.69) is 0 Å². The minimum atomic E-state index is 0.143. The van der Waals surface area contributed by atoms with Crippen molar-refractivity contribution in [2.75, 3.05) is 0 Å². The lowest BCUT2D eigenvalue weighted by molar-refractivity contribution is 0.144. The van der Waals surface area contributed by atoms with Gasteiger partial charge in [-0.1, -0.05) is 11.6 Å². The fourth-order valence-corrected chi connectivity index (χ4v) is 2.36. The Morgan fingerprint density at radius 1 is 1.41 bits per heavy atom. The molecule has 1 saturated carbocycles. The van der Waals surface area contributed by atoms with E-state index in [9.17, 15) is 0 Å². The van der Waals surface area contributed by atoms with Gasteiger partial charge < -0.3 is 10.5 Å². The van der Waals surface area contributed by atoms with Gasteiger partial charge in [0.05, 0.1) is 16.7 Å². The van der Waals surface area contributed by atoms with Crippen molar-refractivity contribution in [3.05, 3.63) is 28.8 Å². The summed E-state index contributed by atoms with van der Waals surface area (Å²) in [6.07, 6.45) is 4.20. The topological polar surface area (TPSA) is 59.0 Å². The number of rotatable bonds is 2. The molecule has 0 radical (unpaired) electrons. The molecule has 1 aliphatic rings. The number of benzene rings is 1. The summed E-state index contributed by atoms with van der Waals surface area (Å²) in [6, 6.07) is 7.36. The van der Waals surface area contributed by atoms with Gasteiger partial charge in [0.25, 0.3) is 0 Å². The quantitative estimate of drug-likeness (QED) is 0.878. The highest BCUT2D eigenvalue weighted by Crippen LogP contribution is 2.29. The summed E-state index contributed by atoms with van der Waals surface area (Å²) in [6.45, 7) is 0. The van der Waals surface area contributed by atoms with Gasteiger partial charge in [-0.25, -0.2) is 0 Å². The van der Waals surface area contributed by atoms with Crippen LogP contribution in [0.15, 0.2) is 18.2 Å². The van der Waals surface area contributed by atoms with Gasteiger partial charge in [0.1, 0.15) is 11.9 Å². The van der Waals surface area contributed by atoms with E-state index in [-0.39, 0.29) is 12.1 Å². The third kappa shape index (κ3) is 3.12. The van der Waals surface area contributed by atoms with Crippen LogP contribution in [0.2, 0.25) is 5.02 Å². The maximum atomic E-state index is 8.74. The molecule has 2 N–H and O–H groups in total. The van der Waals surface area contributed by atoms with E-state index in [0.29, 0.717) is 16.3 Å². The third-order valence-corrected chi connectivity index (χ3v) is 3.32. The van der Waals surface area contributed by atoms with Crippen LogP contribution in [0.3, 0.4) is 0 Å². The zero-order chi connectivity index (χ0) is 12.3. The summed E-state index contributed by atoms with van der Waals surface area (Å²) < 4.78 is 5.83. The van der Waals surface area contributed by atoms with E-state index in [0.717, 1.165) is 25.7 Å². The number of hydrogen-bond acceptors (Lipinski definition) is 3. The van der Waals surface area contributed by atoms with Crippen LogP contribution in [0.5, 0.6) is 5.75 Å². The lowest BCUT2D eigenvalue weighted by Gasteiger charge is -2.27. The van der Waals surface area contributed by atoms with Gasteiger partial charge in [0.2, 0.25) is 0 Å². The molecule has 0 bridgehead atoms. The summed E-state index contributed by atoms with van der Waals surface area (Å²) in [5.74, 6) is 0.643. The van der Waals surface area contributed by atoms with Crippen LogP contribution in [0.4, 0.5) is 0 Å². The minimum absolute atomic E-state index is 0.143. The highest BCUT2D eigenvalue weighted by Gasteiger charge is 2.21. The summed E-state index contributed by atoms with van der Waals surface area (Å²) >= 11 is 6.06. The van der Waals surface area contributed by atoms with Gasteiger partial charge in [-0.2, -0.15) is 5.26 Å². The molecule has 0 amide bonds. The predicted molar refractivity (Wildman–Crippen MR) is 67.0 cm³/mol. The smallest absolute Gasteiger partial charge is 0.138 e. The molecule has 4 heteroatoms. The first-order valence-corrected chi connectivity index (χ1v) is 6.18. The molecule has 0 saturated heterocycles. The first kappa shape index (κ1) is 12.2. The molecule has 3 nitrogen and oxygen atoms in total. The fraction of sp³-hybridized carbons (Fsp3) is 0.462. The summed E-state index contributed by atoms with van der Waals surface area (Å²) in [5, 5.41) is 9.23. The fourth-order valence-electron chi connectivity index (χ4n) is 2.13. The van der Waals surface area contributed by atoms with Crippen molar-refractivity contribution in [3.63, 3.8) is 0 Å². The number of nitrogens with zero attached hydrogens (tertiary/aromatic N) is 1. The van der Waals surface area contributed by atoms with Gasteiger partial charge in [-0.05, 0) is 43.9 Å². The van der Waals surface area contributed by atoms with Crippen LogP contribution in [0.25, 0.3) is 0 Å². The van der Waals surface area contributed by atoms with Crippen LogP contribution < -0.4 is 10.5 Å². The van der Waals surface area contributed by atoms with Crippen LogP contribution >= 0.6 is 11.6 Å². The van der Waals surface area contributed by atoms with E-state index in [1.54, 1.807) is 18.2 Å². The zero-order valence-corrected chi connectivity index (χ0v) is 10.3. The molecule has 17 heavy (non-hydrogen) atoms. The van der Waals surface area contributed by atoms with Crippen molar-refractivity contribution >= 4 is 11.6 Å². The second-order valence-electron chi connectivity index (χ2n) is 4.42. The van der Waals surface area contributed by atoms with Crippen LogP contribution in [0.1, 0.15) is 31.2 Å². The SMILES string of the molecule is N#Cc1ccc(OC2CCCC(N)C2)c(Cl)c1. The molecule has 1 aliphatic carbocycles. The molecule has 0 spiro atoms. The number of hydrogen-bond donors (Lipinski definition) is 1. The lowest BCUT2D eigenvalue weighted by Crippen LogP contribution is -2.33. The average Bonchev–Trinajstić information content (AvgIpc) is 2.32. The molecule has 1 aromatic rings. The Morgan fingerprint density at radius 3 is 2.88 bits per heavy atom. The first-order valence-electron chi connectivity index (χ1n) is 5.81. The highest BCUT2D eigenvalue weighted by atomic mass is 35.5. The van der Waals surface area contributed by atoms with E-state index < -0.39 is 0 Å². The van der Waals surface area contributed by atoms with E-state index in [4.69, 9.17) is 27.3 Å². The Labute approximate surface area is 106 Å². The lowest BCUT2D eigenvalue weighted by atomic mass is 9.93. The van der Waals surface area contributed by atoms with Gasteiger partial charge in [-0.15, -0.1) is 0 Å². The Balaban J connectivity index is 2.06. The van der Waals surface area contributed by atoms with E-state index in [1.165, 1.54) is 0 Å². The minimum Gasteiger partial charge on any atom is -0.489 e. The Bertz CT molecular complexity index is 442. The highest BCUT2D eigenvalue weighted by molar-refractivity contribution is 6.32. The molecule has 0 aliphatic heterocycles. The van der Waals surface area contributed by atoms with Crippen molar-refractivity contribution in [2.45, 2.75) is 37.8 Å². The number of nitrogens with two attached hydrogens (primary N) is 1. The molecule has 2 atom stereocenters. The maximum absolute atomic E-state index is 8.74. The van der Waals surface area contributed by atoms with Crippen molar-refractivity contribution in [1.29, 1.82) is 5.26 Å². The molecule has 90 valence electrons. The summed E-state index contributed by atoms with van der Waals surface area (Å²) in [5.41, 5.74) is 6.45. The average molecular weight is 251 g/mol. The normalized spacial score (nSPS) is 24.1. The molecular formula is C13H15ClN2O. The van der Waals surface area contributed by atoms with Gasteiger partial charge in [0, 0.05) is 6.04 Å². The predicted octanol–water partition coefficient (Wildman–Crippen LogP) is 2.86. The second-order valence-corrected chi connectivity index (χ2v) is 4.83. The van der Waals surface area contributed by atoms with E-state index >= 15 is 0 Å². The molecule has 0 aromatic heterocycles. The molecule has 1 fully saturated rings. The van der Waals surface area contributed by atoms with Gasteiger partial charge in [-0.3, -0.25) is 0 Å². The first-order chi connectivity index (χ1) is 8.19. The number of ether oxygens (including phenoxy) is 1. The largest absolute Gasteiger partial charge is 0.489 e. The Hall–Kier alpha value is -1.24. The van der Waals surface area contributed by atoms with Gasteiger partial charge in [0.15, 0.2) is 0 Å². The monoisotopic (exact) mass is 250 g/mol. The maximum Gasteiger partial charge on any atom is 0.138 e. The molecule has 1 aromatic carbocycles. The van der Waals surface area contributed by atoms with Crippen LogP contribution in [-0.2, 0) is 0 Å². The van der Waals surface area contributed by atoms with Crippen LogP contribution in [-0.4, -0.2) is 12.1 Å². The van der Waals surface area contributed by atoms with E-state index in [1.807, 2.05) is 6.07 Å². The number of nitriles is 1.